The van der Waals surface area contributed by atoms with E-state index in [1.807, 2.05) is 6.07 Å². The number of nitriles is 1. The summed E-state index contributed by atoms with van der Waals surface area (Å²) in [5.74, 6) is 0.221. The highest BCUT2D eigenvalue weighted by atomic mass is 79.9. The van der Waals surface area contributed by atoms with Gasteiger partial charge in [-0.1, -0.05) is 13.8 Å². The van der Waals surface area contributed by atoms with Crippen molar-refractivity contribution in [1.29, 1.82) is 5.26 Å². The van der Waals surface area contributed by atoms with E-state index >= 15 is 0 Å². The molecule has 2 rings (SSSR count). The van der Waals surface area contributed by atoms with Gasteiger partial charge < -0.3 is 5.32 Å². The number of benzene rings is 1. The molecule has 1 unspecified atom stereocenters. The zero-order chi connectivity index (χ0) is 12.6. The molecule has 4 heteroatoms. The highest BCUT2D eigenvalue weighted by Crippen LogP contribution is 2.51. The van der Waals surface area contributed by atoms with E-state index in [1.54, 1.807) is 12.1 Å². The van der Waals surface area contributed by atoms with Gasteiger partial charge in [0.2, 0.25) is 0 Å². The van der Waals surface area contributed by atoms with E-state index in [0.717, 1.165) is 6.54 Å². The minimum atomic E-state index is -0.387. The van der Waals surface area contributed by atoms with Gasteiger partial charge >= 0.3 is 0 Å². The molecule has 0 radical (unpaired) electrons. The highest BCUT2D eigenvalue weighted by Gasteiger charge is 2.45. The predicted molar refractivity (Wildman–Crippen MR) is 69.2 cm³/mol. The number of halogens is 2. The number of hydrogen-bond donors (Lipinski definition) is 1. The van der Waals surface area contributed by atoms with E-state index in [-0.39, 0.29) is 10.3 Å². The van der Waals surface area contributed by atoms with Gasteiger partial charge in [-0.3, -0.25) is 0 Å². The molecule has 1 N–H and O–H groups in total. The first kappa shape index (κ1) is 12.4. The Morgan fingerprint density at radius 3 is 2.76 bits per heavy atom. The third-order valence-electron chi connectivity index (χ3n) is 3.46. The molecule has 1 aliphatic carbocycles. The number of rotatable bonds is 3. The molecule has 90 valence electrons. The van der Waals surface area contributed by atoms with Gasteiger partial charge in [0.25, 0.3) is 0 Å². The Labute approximate surface area is 109 Å². The Hall–Kier alpha value is -1.08. The van der Waals surface area contributed by atoms with Crippen molar-refractivity contribution in [3.63, 3.8) is 0 Å². The number of nitrogens with one attached hydrogen (secondary N) is 1. The lowest BCUT2D eigenvalue weighted by Gasteiger charge is -2.10. The molecule has 1 aliphatic rings. The highest BCUT2D eigenvalue weighted by molar-refractivity contribution is 9.10. The van der Waals surface area contributed by atoms with E-state index in [4.69, 9.17) is 5.26 Å². The third kappa shape index (κ3) is 2.44. The molecule has 0 bridgehead atoms. The number of hydrogen-bond acceptors (Lipinski definition) is 2. The summed E-state index contributed by atoms with van der Waals surface area (Å²) in [6, 6.07) is 5.18. The molecule has 0 heterocycles. The molecule has 2 nitrogen and oxygen atoms in total. The molecular formula is C13H14BrFN2. The first-order valence-electron chi connectivity index (χ1n) is 5.57. The quantitative estimate of drug-likeness (QED) is 0.918. The van der Waals surface area contributed by atoms with Crippen LogP contribution in [0.15, 0.2) is 16.6 Å². The van der Waals surface area contributed by atoms with Crippen molar-refractivity contribution in [3.05, 3.63) is 28.0 Å². The van der Waals surface area contributed by atoms with Crippen LogP contribution in [0.1, 0.15) is 25.8 Å². The summed E-state index contributed by atoms with van der Waals surface area (Å²) in [6.45, 7) is 5.21. The summed E-state index contributed by atoms with van der Waals surface area (Å²) < 4.78 is 14.1. The number of anilines is 1. The van der Waals surface area contributed by atoms with Crippen LogP contribution >= 0.6 is 15.9 Å². The average Bonchev–Trinajstić information content (AvgIpc) is 2.89. The smallest absolute Gasteiger partial charge is 0.161 e. The summed E-state index contributed by atoms with van der Waals surface area (Å²) >= 11 is 3.10. The topological polar surface area (TPSA) is 35.8 Å². The van der Waals surface area contributed by atoms with Gasteiger partial charge in [-0.15, -0.1) is 0 Å². The second-order valence-corrected chi connectivity index (χ2v) is 5.96. The van der Waals surface area contributed by atoms with Crippen LogP contribution < -0.4 is 5.32 Å². The zero-order valence-electron chi connectivity index (χ0n) is 9.85. The van der Waals surface area contributed by atoms with Gasteiger partial charge in [0, 0.05) is 6.54 Å². The lowest BCUT2D eigenvalue weighted by Crippen LogP contribution is -2.08. The normalized spacial score (nSPS) is 20.8. The van der Waals surface area contributed by atoms with Crippen molar-refractivity contribution in [2.75, 3.05) is 11.9 Å². The summed E-state index contributed by atoms with van der Waals surface area (Å²) in [5, 5.41) is 11.9. The number of nitrogens with zero attached hydrogens (tertiary/aromatic N) is 1. The van der Waals surface area contributed by atoms with Gasteiger partial charge in [0.15, 0.2) is 5.82 Å². The monoisotopic (exact) mass is 296 g/mol. The van der Waals surface area contributed by atoms with Gasteiger partial charge in [0.1, 0.15) is 6.07 Å². The standard InChI is InChI=1S/C13H14BrFN2/c1-13(2)5-9(13)7-17-10-4-3-8(6-16)11(14)12(10)15/h3-4,9,17H,5,7H2,1-2H3. The van der Waals surface area contributed by atoms with Gasteiger partial charge in [-0.05, 0) is 45.8 Å². The molecule has 0 aliphatic heterocycles. The molecule has 1 fully saturated rings. The molecule has 0 saturated heterocycles. The van der Waals surface area contributed by atoms with E-state index in [0.29, 0.717) is 22.6 Å². The van der Waals surface area contributed by atoms with Crippen LogP contribution in [0, 0.1) is 28.5 Å². The zero-order valence-corrected chi connectivity index (χ0v) is 11.4. The summed E-state index contributed by atoms with van der Waals surface area (Å²) in [4.78, 5) is 0. The van der Waals surface area contributed by atoms with Crippen molar-refractivity contribution in [2.24, 2.45) is 11.3 Å². The maximum atomic E-state index is 13.9. The molecule has 17 heavy (non-hydrogen) atoms. The fraction of sp³-hybridized carbons (Fsp3) is 0.462. The minimum absolute atomic E-state index is 0.236. The molecule has 1 saturated carbocycles. The van der Waals surface area contributed by atoms with Crippen LogP contribution in [0.25, 0.3) is 0 Å². The van der Waals surface area contributed by atoms with Crippen LogP contribution in [0.3, 0.4) is 0 Å². The molecule has 0 aromatic heterocycles. The first-order chi connectivity index (χ1) is 7.95. The van der Waals surface area contributed by atoms with Crippen molar-refractivity contribution < 1.29 is 4.39 Å². The molecule has 1 atom stereocenters. The Kier molecular flexibility index (Phi) is 3.13. The van der Waals surface area contributed by atoms with E-state index in [1.165, 1.54) is 6.42 Å². The lowest BCUT2D eigenvalue weighted by atomic mass is 10.1. The van der Waals surface area contributed by atoms with E-state index in [2.05, 4.69) is 35.1 Å². The van der Waals surface area contributed by atoms with Crippen LogP contribution in [-0.2, 0) is 0 Å². The molecule has 0 spiro atoms. The van der Waals surface area contributed by atoms with Crippen molar-refractivity contribution in [3.8, 4) is 6.07 Å². The first-order valence-corrected chi connectivity index (χ1v) is 6.37. The Morgan fingerprint density at radius 1 is 1.59 bits per heavy atom. The average molecular weight is 297 g/mol. The van der Waals surface area contributed by atoms with E-state index in [9.17, 15) is 4.39 Å². The van der Waals surface area contributed by atoms with Crippen LogP contribution in [0.4, 0.5) is 10.1 Å². The van der Waals surface area contributed by atoms with Crippen molar-refractivity contribution in [1.82, 2.24) is 0 Å². The van der Waals surface area contributed by atoms with Crippen LogP contribution in [-0.4, -0.2) is 6.54 Å². The molecule has 1 aromatic rings. The Morgan fingerprint density at radius 2 is 2.24 bits per heavy atom. The fourth-order valence-electron chi connectivity index (χ4n) is 1.93. The van der Waals surface area contributed by atoms with Crippen LogP contribution in [0.2, 0.25) is 0 Å². The maximum absolute atomic E-state index is 13.9. The predicted octanol–water partition coefficient (Wildman–Crippen LogP) is 3.92. The van der Waals surface area contributed by atoms with Crippen molar-refractivity contribution in [2.45, 2.75) is 20.3 Å². The van der Waals surface area contributed by atoms with Gasteiger partial charge in [0.05, 0.1) is 15.7 Å². The lowest BCUT2D eigenvalue weighted by molar-refractivity contribution is 0.570. The molecule has 1 aromatic carbocycles. The fourth-order valence-corrected chi connectivity index (χ4v) is 2.36. The molecular weight excluding hydrogens is 283 g/mol. The minimum Gasteiger partial charge on any atom is -0.382 e. The maximum Gasteiger partial charge on any atom is 0.161 e. The van der Waals surface area contributed by atoms with Crippen molar-refractivity contribution >= 4 is 21.6 Å². The second kappa shape index (κ2) is 4.30. The SMILES string of the molecule is CC1(C)CC1CNc1ccc(C#N)c(Br)c1F. The second-order valence-electron chi connectivity index (χ2n) is 5.17. The Balaban J connectivity index is 2.08. The third-order valence-corrected chi connectivity index (χ3v) is 4.23. The van der Waals surface area contributed by atoms with E-state index < -0.39 is 0 Å². The summed E-state index contributed by atoms with van der Waals surface area (Å²) in [5.41, 5.74) is 1.16. The summed E-state index contributed by atoms with van der Waals surface area (Å²) in [6.07, 6.45) is 1.18. The largest absolute Gasteiger partial charge is 0.382 e. The van der Waals surface area contributed by atoms with Gasteiger partial charge in [-0.25, -0.2) is 4.39 Å². The van der Waals surface area contributed by atoms with Gasteiger partial charge in [-0.2, -0.15) is 5.26 Å². The Bertz CT molecular complexity index is 491. The summed E-state index contributed by atoms with van der Waals surface area (Å²) in [7, 11) is 0. The van der Waals surface area contributed by atoms with Crippen LogP contribution in [0.5, 0.6) is 0 Å². The molecule has 0 amide bonds.